The summed E-state index contributed by atoms with van der Waals surface area (Å²) in [5, 5.41) is 22.9. The molecular weight excluding hydrogens is 226 g/mol. The van der Waals surface area contributed by atoms with Gasteiger partial charge in [0.25, 0.3) is 6.79 Å². The van der Waals surface area contributed by atoms with E-state index < -0.39 is 25.5 Å². The molecular formula is C6H11N3O7. The molecule has 0 spiro atoms. The number of ether oxygens (including phenoxy) is 2. The number of carbonyl (C=O) groups excluding carboxylic acids is 1. The first-order chi connectivity index (χ1) is 7.47. The van der Waals surface area contributed by atoms with Crippen molar-refractivity contribution >= 4 is 12.1 Å². The molecule has 0 heterocycles. The third-order valence-electron chi connectivity index (χ3n) is 1.18. The highest BCUT2D eigenvalue weighted by atomic mass is 16.8. The second kappa shape index (κ2) is 7.09. The van der Waals surface area contributed by atoms with E-state index in [1.54, 1.807) is 0 Å². The van der Waals surface area contributed by atoms with Crippen molar-refractivity contribution < 1.29 is 34.0 Å². The average molecular weight is 237 g/mol. The summed E-state index contributed by atoms with van der Waals surface area (Å²) in [6, 6.07) is 0. The number of hydrogen-bond acceptors (Lipinski definition) is 7. The lowest BCUT2D eigenvalue weighted by molar-refractivity contribution is -0.704. The van der Waals surface area contributed by atoms with Crippen LogP contribution < -0.4 is 0 Å². The fraction of sp³-hybridized carbons (Fsp3) is 0.667. The standard InChI is InChI=1S/C6H11N3O7/c1-8(3-5(10)11)9(13)7-16-4-15-6(12)14-2/h3-4H2,1-2H3,(H,10,11). The molecule has 10 nitrogen and oxygen atoms in total. The van der Waals surface area contributed by atoms with Crippen LogP contribution in [0.1, 0.15) is 0 Å². The number of likely N-dealkylation sites (N-methyl/N-ethyl adjacent to an activating group) is 1. The molecule has 0 aliphatic carbocycles. The molecule has 0 rings (SSSR count). The van der Waals surface area contributed by atoms with E-state index in [0.29, 0.717) is 0 Å². The van der Waals surface area contributed by atoms with E-state index in [-0.39, 0.29) is 4.97 Å². The van der Waals surface area contributed by atoms with E-state index in [1.165, 1.54) is 7.05 Å². The van der Waals surface area contributed by atoms with Crippen molar-refractivity contribution in [3.63, 3.8) is 0 Å². The number of hydrogen-bond donors (Lipinski definition) is 1. The summed E-state index contributed by atoms with van der Waals surface area (Å²) >= 11 is 0. The summed E-state index contributed by atoms with van der Waals surface area (Å²) in [7, 11) is 2.29. The number of aliphatic carboxylic acids is 1. The largest absolute Gasteiger partial charge is 0.569 e. The van der Waals surface area contributed by atoms with Crippen LogP contribution in [-0.2, 0) is 19.1 Å². The van der Waals surface area contributed by atoms with Crippen LogP contribution in [0.5, 0.6) is 0 Å². The van der Waals surface area contributed by atoms with Gasteiger partial charge in [0.1, 0.15) is 0 Å². The number of carbonyl (C=O) groups is 2. The molecule has 0 saturated heterocycles. The maximum absolute atomic E-state index is 10.9. The highest BCUT2D eigenvalue weighted by Gasteiger charge is 2.11. The molecule has 1 N–H and O–H groups in total. The zero-order chi connectivity index (χ0) is 12.6. The second-order valence-corrected chi connectivity index (χ2v) is 2.39. The molecule has 0 aromatic rings. The Morgan fingerprint density at radius 2 is 2.19 bits per heavy atom. The number of rotatable bonds is 6. The summed E-state index contributed by atoms with van der Waals surface area (Å²) in [5.74, 6) is -1.20. The lowest BCUT2D eigenvalue weighted by Gasteiger charge is -2.09. The minimum Gasteiger partial charge on any atom is -0.569 e. The Bertz CT molecular complexity index is 279. The molecule has 0 fully saturated rings. The molecule has 0 amide bonds. The maximum atomic E-state index is 10.9. The molecule has 16 heavy (non-hydrogen) atoms. The lowest BCUT2D eigenvalue weighted by atomic mass is 10.7. The zero-order valence-electron chi connectivity index (χ0n) is 8.65. The molecule has 92 valence electrons. The van der Waals surface area contributed by atoms with Gasteiger partial charge < -0.3 is 24.6 Å². The Morgan fingerprint density at radius 1 is 1.56 bits per heavy atom. The van der Waals surface area contributed by atoms with Crippen LogP contribution in [0.2, 0.25) is 0 Å². The first kappa shape index (κ1) is 13.7. The van der Waals surface area contributed by atoms with Gasteiger partial charge in [-0.25, -0.2) is 4.79 Å². The minimum absolute atomic E-state index is 0.102. The van der Waals surface area contributed by atoms with Gasteiger partial charge in [0.05, 0.1) is 19.1 Å². The highest BCUT2D eigenvalue weighted by Crippen LogP contribution is 1.89. The van der Waals surface area contributed by atoms with Crippen molar-refractivity contribution in [3.05, 3.63) is 5.21 Å². The van der Waals surface area contributed by atoms with Gasteiger partial charge in [-0.1, -0.05) is 0 Å². The van der Waals surface area contributed by atoms with Crippen LogP contribution >= 0.6 is 0 Å². The van der Waals surface area contributed by atoms with Crippen LogP contribution in [0.15, 0.2) is 5.28 Å². The van der Waals surface area contributed by atoms with Crippen LogP contribution in [-0.4, -0.2) is 54.7 Å². The Morgan fingerprint density at radius 3 is 2.69 bits per heavy atom. The maximum Gasteiger partial charge on any atom is 0.510 e. The predicted octanol–water partition coefficient (Wildman–Crippen LogP) is -0.448. The quantitative estimate of drug-likeness (QED) is 0.164. The van der Waals surface area contributed by atoms with Gasteiger partial charge in [0, 0.05) is 0 Å². The molecule has 0 aliphatic heterocycles. The van der Waals surface area contributed by atoms with E-state index in [0.717, 1.165) is 12.1 Å². The van der Waals surface area contributed by atoms with Crippen LogP contribution in [0.25, 0.3) is 0 Å². The van der Waals surface area contributed by atoms with Crippen LogP contribution in [0.4, 0.5) is 4.79 Å². The van der Waals surface area contributed by atoms with Gasteiger partial charge in [-0.2, -0.15) is 0 Å². The van der Waals surface area contributed by atoms with E-state index >= 15 is 0 Å². The lowest BCUT2D eigenvalue weighted by Crippen LogP contribution is -2.31. The molecule has 0 aromatic heterocycles. The van der Waals surface area contributed by atoms with Crippen molar-refractivity contribution in [2.75, 3.05) is 27.5 Å². The molecule has 0 unspecified atom stereocenters. The second-order valence-electron chi connectivity index (χ2n) is 2.39. The van der Waals surface area contributed by atoms with E-state index in [1.807, 2.05) is 0 Å². The molecule has 0 atom stereocenters. The van der Waals surface area contributed by atoms with Gasteiger partial charge in [-0.15, -0.1) is 5.01 Å². The fourth-order valence-electron chi connectivity index (χ4n) is 0.525. The molecule has 10 heteroatoms. The average Bonchev–Trinajstić information content (AvgIpc) is 2.22. The number of carboxylic acids is 1. The summed E-state index contributed by atoms with van der Waals surface area (Å²) in [5.41, 5.74) is 0. The van der Waals surface area contributed by atoms with Crippen LogP contribution in [0, 0.1) is 5.21 Å². The van der Waals surface area contributed by atoms with Gasteiger partial charge >= 0.3 is 12.1 Å². The number of hydrazine groups is 1. The van der Waals surface area contributed by atoms with Gasteiger partial charge in [-0.05, 0) is 0 Å². The smallest absolute Gasteiger partial charge is 0.510 e. The summed E-state index contributed by atoms with van der Waals surface area (Å²) in [6.07, 6.45) is -0.994. The number of carboxylic acid groups (broad SMARTS) is 1. The SMILES string of the molecule is COC(=O)OCON=[N+]([O-])N(C)CC(=O)O. The summed E-state index contributed by atoms with van der Waals surface area (Å²) < 4.78 is 8.32. The minimum atomic E-state index is -1.20. The van der Waals surface area contributed by atoms with E-state index in [2.05, 4.69) is 19.6 Å². The zero-order valence-corrected chi connectivity index (χ0v) is 8.65. The van der Waals surface area contributed by atoms with Gasteiger partial charge in [0.15, 0.2) is 6.54 Å². The third kappa shape index (κ3) is 6.23. The normalized spacial score (nSPS) is 10.5. The van der Waals surface area contributed by atoms with Gasteiger partial charge in [0.2, 0.25) is 5.28 Å². The molecule has 0 radical (unpaired) electrons. The predicted molar refractivity (Wildman–Crippen MR) is 45.8 cm³/mol. The molecule has 0 saturated carbocycles. The molecule has 0 bridgehead atoms. The first-order valence-electron chi connectivity index (χ1n) is 3.91. The third-order valence-corrected chi connectivity index (χ3v) is 1.18. The van der Waals surface area contributed by atoms with Crippen molar-refractivity contribution in [2.45, 2.75) is 0 Å². The monoisotopic (exact) mass is 237 g/mol. The summed E-state index contributed by atoms with van der Waals surface area (Å²) in [6.45, 7) is -1.17. The Balaban J connectivity index is 3.86. The van der Waals surface area contributed by atoms with Crippen LogP contribution in [0.3, 0.4) is 0 Å². The Hall–Kier alpha value is -2.26. The molecule has 0 aliphatic rings. The Labute approximate surface area is 90.1 Å². The topological polar surface area (TPSA) is 124 Å². The van der Waals surface area contributed by atoms with Crippen molar-refractivity contribution in [2.24, 2.45) is 5.28 Å². The van der Waals surface area contributed by atoms with Crippen molar-refractivity contribution in [1.82, 2.24) is 5.01 Å². The van der Waals surface area contributed by atoms with E-state index in [9.17, 15) is 14.8 Å². The fourth-order valence-corrected chi connectivity index (χ4v) is 0.525. The van der Waals surface area contributed by atoms with Gasteiger partial charge in [-0.3, -0.25) is 4.79 Å². The summed E-state index contributed by atoms with van der Waals surface area (Å²) in [4.78, 5) is 24.7. The van der Waals surface area contributed by atoms with Crippen molar-refractivity contribution in [3.8, 4) is 0 Å². The Kier molecular flexibility index (Phi) is 6.09. The number of methoxy groups -OCH3 is 1. The van der Waals surface area contributed by atoms with E-state index in [4.69, 9.17) is 5.11 Å². The van der Waals surface area contributed by atoms with Crippen molar-refractivity contribution in [1.29, 1.82) is 0 Å². The molecule has 0 aromatic carbocycles. The number of nitrogens with zero attached hydrogens (tertiary/aromatic N) is 3. The highest BCUT2D eigenvalue weighted by molar-refractivity contribution is 5.68. The first-order valence-corrected chi connectivity index (χ1v) is 3.91.